The molecule has 0 radical (unpaired) electrons. The number of aromatic nitrogens is 1. The number of methoxy groups -OCH3 is 1. The molecule has 0 unspecified atom stereocenters. The van der Waals surface area contributed by atoms with Gasteiger partial charge in [-0.2, -0.15) is 0 Å². The van der Waals surface area contributed by atoms with E-state index >= 15 is 0 Å². The Kier molecular flexibility index (Phi) is 5.17. The van der Waals surface area contributed by atoms with Gasteiger partial charge in [0.25, 0.3) is 10.0 Å². The van der Waals surface area contributed by atoms with Crippen LogP contribution in [-0.4, -0.2) is 20.7 Å². The van der Waals surface area contributed by atoms with Crippen LogP contribution in [0.15, 0.2) is 45.8 Å². The lowest BCUT2D eigenvalue weighted by molar-refractivity contribution is 0.393. The molecule has 1 N–H and O–H groups in total. The van der Waals surface area contributed by atoms with Crippen molar-refractivity contribution in [2.24, 2.45) is 0 Å². The van der Waals surface area contributed by atoms with Crippen molar-refractivity contribution >= 4 is 27.3 Å². The second-order valence-corrected chi connectivity index (χ2v) is 8.22. The summed E-state index contributed by atoms with van der Waals surface area (Å²) in [5, 5.41) is 4.47. The number of anilines is 1. The number of ether oxygens (including phenoxy) is 1. The topological polar surface area (TPSA) is 81.4 Å². The lowest BCUT2D eigenvalue weighted by Gasteiger charge is -2.14. The molecule has 0 saturated carbocycles. The van der Waals surface area contributed by atoms with Gasteiger partial charge in [-0.05, 0) is 62.2 Å². The first kappa shape index (κ1) is 19.3. The molecule has 0 atom stereocenters. The molecule has 6 nitrogen and oxygen atoms in total. The van der Waals surface area contributed by atoms with E-state index in [0.29, 0.717) is 33.3 Å². The van der Waals surface area contributed by atoms with Gasteiger partial charge in [-0.1, -0.05) is 22.8 Å². The quantitative estimate of drug-likeness (QED) is 0.662. The summed E-state index contributed by atoms with van der Waals surface area (Å²) >= 11 is 5.95. The van der Waals surface area contributed by atoms with E-state index in [0.717, 1.165) is 5.56 Å². The van der Waals surface area contributed by atoms with Crippen molar-refractivity contribution in [3.8, 4) is 16.9 Å². The van der Waals surface area contributed by atoms with Gasteiger partial charge in [0.15, 0.2) is 0 Å². The van der Waals surface area contributed by atoms with E-state index in [-0.39, 0.29) is 10.6 Å². The standard InChI is InChI=1S/C19H19ClN2O4S/c1-11-9-15(20)6-7-16(11)22-27(23,24)18-10-14(5-8-17(18)25-4)19-12(2)21-26-13(19)3/h5-10,22H,1-4H3. The van der Waals surface area contributed by atoms with Crippen LogP contribution in [0.5, 0.6) is 5.75 Å². The predicted molar refractivity (Wildman–Crippen MR) is 105 cm³/mol. The highest BCUT2D eigenvalue weighted by Gasteiger charge is 2.23. The first-order chi connectivity index (χ1) is 12.7. The second-order valence-electron chi connectivity index (χ2n) is 6.13. The summed E-state index contributed by atoms with van der Waals surface area (Å²) in [6.07, 6.45) is 0. The average Bonchev–Trinajstić information content (AvgIpc) is 2.95. The molecule has 1 heterocycles. The van der Waals surface area contributed by atoms with E-state index in [1.807, 2.05) is 0 Å². The summed E-state index contributed by atoms with van der Waals surface area (Å²) in [5.41, 5.74) is 3.29. The maximum Gasteiger partial charge on any atom is 0.265 e. The third-order valence-corrected chi connectivity index (χ3v) is 5.83. The number of hydrogen-bond acceptors (Lipinski definition) is 5. The molecule has 0 saturated heterocycles. The van der Waals surface area contributed by atoms with Crippen LogP contribution in [0.2, 0.25) is 5.02 Å². The Balaban J connectivity index is 2.09. The van der Waals surface area contributed by atoms with Crippen LogP contribution in [0, 0.1) is 20.8 Å². The largest absolute Gasteiger partial charge is 0.495 e. The molecule has 0 aliphatic heterocycles. The molecule has 3 aromatic rings. The van der Waals surface area contributed by atoms with E-state index in [9.17, 15) is 8.42 Å². The highest BCUT2D eigenvalue weighted by Crippen LogP contribution is 2.34. The molecule has 0 aliphatic rings. The average molecular weight is 407 g/mol. The molecule has 8 heteroatoms. The van der Waals surface area contributed by atoms with E-state index < -0.39 is 10.0 Å². The Bertz CT molecular complexity index is 1090. The molecule has 0 amide bonds. The van der Waals surface area contributed by atoms with E-state index in [1.165, 1.54) is 7.11 Å². The summed E-state index contributed by atoms with van der Waals surface area (Å²) in [5.74, 6) is 0.854. The van der Waals surface area contributed by atoms with Crippen molar-refractivity contribution in [3.05, 3.63) is 58.4 Å². The van der Waals surface area contributed by atoms with Crippen LogP contribution >= 0.6 is 11.6 Å². The van der Waals surface area contributed by atoms with Crippen LogP contribution in [0.25, 0.3) is 11.1 Å². The number of nitrogens with zero attached hydrogens (tertiary/aromatic N) is 1. The molecular weight excluding hydrogens is 388 g/mol. The number of halogens is 1. The van der Waals surface area contributed by atoms with Gasteiger partial charge in [-0.15, -0.1) is 0 Å². The van der Waals surface area contributed by atoms with Crippen LogP contribution in [0.4, 0.5) is 5.69 Å². The van der Waals surface area contributed by atoms with Crippen molar-refractivity contribution in [1.82, 2.24) is 5.16 Å². The van der Waals surface area contributed by atoms with Crippen molar-refractivity contribution < 1.29 is 17.7 Å². The summed E-state index contributed by atoms with van der Waals surface area (Å²) in [7, 11) is -2.47. The van der Waals surface area contributed by atoms with Gasteiger partial charge < -0.3 is 9.26 Å². The van der Waals surface area contributed by atoms with Gasteiger partial charge in [0.2, 0.25) is 0 Å². The van der Waals surface area contributed by atoms with Gasteiger partial charge in [-0.25, -0.2) is 8.42 Å². The predicted octanol–water partition coefficient (Wildman–Crippen LogP) is 4.73. The Labute approximate surface area is 163 Å². The highest BCUT2D eigenvalue weighted by atomic mass is 35.5. The van der Waals surface area contributed by atoms with Crippen molar-refractivity contribution in [2.75, 3.05) is 11.8 Å². The monoisotopic (exact) mass is 406 g/mol. The zero-order chi connectivity index (χ0) is 19.8. The number of hydrogen-bond donors (Lipinski definition) is 1. The van der Waals surface area contributed by atoms with Crippen molar-refractivity contribution in [2.45, 2.75) is 25.7 Å². The Morgan fingerprint density at radius 1 is 1.11 bits per heavy atom. The Morgan fingerprint density at radius 3 is 2.44 bits per heavy atom. The van der Waals surface area contributed by atoms with Crippen LogP contribution in [-0.2, 0) is 10.0 Å². The maximum absolute atomic E-state index is 13.0. The number of sulfonamides is 1. The Morgan fingerprint density at radius 2 is 1.85 bits per heavy atom. The van der Waals surface area contributed by atoms with E-state index in [2.05, 4.69) is 9.88 Å². The summed E-state index contributed by atoms with van der Waals surface area (Å²) in [6.45, 7) is 5.36. The number of aryl methyl sites for hydroxylation is 3. The van der Waals surface area contributed by atoms with Crippen molar-refractivity contribution in [3.63, 3.8) is 0 Å². The van der Waals surface area contributed by atoms with Gasteiger partial charge in [0.05, 0.1) is 18.5 Å². The fourth-order valence-electron chi connectivity index (χ4n) is 2.88. The molecule has 27 heavy (non-hydrogen) atoms. The third-order valence-electron chi connectivity index (χ3n) is 4.21. The van der Waals surface area contributed by atoms with Crippen LogP contribution < -0.4 is 9.46 Å². The fourth-order valence-corrected chi connectivity index (χ4v) is 4.43. The van der Waals surface area contributed by atoms with Gasteiger partial charge in [0, 0.05) is 10.6 Å². The molecule has 1 aromatic heterocycles. The number of benzene rings is 2. The minimum atomic E-state index is -3.90. The third kappa shape index (κ3) is 3.79. The molecule has 0 aliphatic carbocycles. The van der Waals surface area contributed by atoms with E-state index in [4.69, 9.17) is 20.9 Å². The lowest BCUT2D eigenvalue weighted by atomic mass is 10.0. The zero-order valence-electron chi connectivity index (χ0n) is 15.3. The normalized spacial score (nSPS) is 11.4. The minimum absolute atomic E-state index is 0.0249. The molecule has 142 valence electrons. The summed E-state index contributed by atoms with van der Waals surface area (Å²) in [4.78, 5) is 0.0249. The molecule has 3 rings (SSSR count). The second kappa shape index (κ2) is 7.25. The minimum Gasteiger partial charge on any atom is -0.495 e. The molecule has 2 aromatic carbocycles. The van der Waals surface area contributed by atoms with Gasteiger partial charge >= 0.3 is 0 Å². The first-order valence-corrected chi connectivity index (χ1v) is 9.99. The maximum atomic E-state index is 13.0. The number of rotatable bonds is 5. The molecular formula is C19H19ClN2O4S. The van der Waals surface area contributed by atoms with Gasteiger partial charge in [0.1, 0.15) is 16.4 Å². The highest BCUT2D eigenvalue weighted by molar-refractivity contribution is 7.92. The number of nitrogens with one attached hydrogen (secondary N) is 1. The van der Waals surface area contributed by atoms with Crippen LogP contribution in [0.3, 0.4) is 0 Å². The zero-order valence-corrected chi connectivity index (χ0v) is 16.9. The first-order valence-electron chi connectivity index (χ1n) is 8.13. The van der Waals surface area contributed by atoms with Crippen molar-refractivity contribution in [1.29, 1.82) is 0 Å². The molecule has 0 fully saturated rings. The summed E-state index contributed by atoms with van der Waals surface area (Å²) < 4.78 is 39.2. The molecule has 0 bridgehead atoms. The van der Waals surface area contributed by atoms with Gasteiger partial charge in [-0.3, -0.25) is 4.72 Å². The fraction of sp³-hybridized carbons (Fsp3) is 0.211. The smallest absolute Gasteiger partial charge is 0.265 e. The SMILES string of the molecule is COc1ccc(-c2c(C)noc2C)cc1S(=O)(=O)Nc1ccc(Cl)cc1C. The molecule has 0 spiro atoms. The van der Waals surface area contributed by atoms with E-state index in [1.54, 1.807) is 57.2 Å². The van der Waals surface area contributed by atoms with Crippen LogP contribution in [0.1, 0.15) is 17.0 Å². The lowest BCUT2D eigenvalue weighted by Crippen LogP contribution is -2.15. The summed E-state index contributed by atoms with van der Waals surface area (Å²) in [6, 6.07) is 9.89. The Hall–Kier alpha value is -2.51.